The molecule has 1 aliphatic heterocycles. The molecule has 21 heavy (non-hydrogen) atoms. The molecule has 0 aliphatic carbocycles. The fourth-order valence-electron chi connectivity index (χ4n) is 2.58. The fraction of sp³-hybridized carbons (Fsp3) is 0.294. The first-order valence-corrected chi connectivity index (χ1v) is 7.93. The molecule has 0 radical (unpaired) electrons. The largest absolute Gasteiger partial charge is 0.454 e. The molecule has 1 heterocycles. The summed E-state index contributed by atoms with van der Waals surface area (Å²) >= 11 is 3.53. The predicted molar refractivity (Wildman–Crippen MR) is 86.8 cm³/mol. The van der Waals surface area contributed by atoms with Crippen molar-refractivity contribution in [3.8, 4) is 11.5 Å². The molecule has 0 amide bonds. The van der Waals surface area contributed by atoms with E-state index in [2.05, 4.69) is 58.5 Å². The number of halogens is 1. The molecule has 0 spiro atoms. The third kappa shape index (κ3) is 3.39. The van der Waals surface area contributed by atoms with Crippen molar-refractivity contribution in [2.45, 2.75) is 19.4 Å². The minimum atomic E-state index is 0.263. The Labute approximate surface area is 133 Å². The van der Waals surface area contributed by atoms with E-state index >= 15 is 0 Å². The second-order valence-electron chi connectivity index (χ2n) is 5.06. The van der Waals surface area contributed by atoms with Crippen molar-refractivity contribution in [1.29, 1.82) is 0 Å². The van der Waals surface area contributed by atoms with Crippen LogP contribution in [0.4, 0.5) is 0 Å². The summed E-state index contributed by atoms with van der Waals surface area (Å²) in [6, 6.07) is 14.9. The summed E-state index contributed by atoms with van der Waals surface area (Å²) in [5.41, 5.74) is 2.52. The van der Waals surface area contributed by atoms with Gasteiger partial charge in [0.25, 0.3) is 0 Å². The number of ether oxygens (including phenoxy) is 2. The van der Waals surface area contributed by atoms with E-state index in [0.29, 0.717) is 6.79 Å². The number of benzene rings is 2. The van der Waals surface area contributed by atoms with Gasteiger partial charge in [-0.05, 0) is 48.4 Å². The van der Waals surface area contributed by atoms with Crippen molar-refractivity contribution in [1.82, 2.24) is 5.32 Å². The number of rotatable bonds is 5. The number of hydrogen-bond acceptors (Lipinski definition) is 3. The number of hydrogen-bond donors (Lipinski definition) is 1. The molecule has 3 rings (SSSR count). The lowest BCUT2D eigenvalue weighted by molar-refractivity contribution is 0.174. The van der Waals surface area contributed by atoms with Crippen LogP contribution in [-0.4, -0.2) is 13.3 Å². The predicted octanol–water partition coefficient (Wildman–Crippen LogP) is 4.07. The molecule has 3 nitrogen and oxygen atoms in total. The minimum Gasteiger partial charge on any atom is -0.454 e. The highest BCUT2D eigenvalue weighted by Gasteiger charge is 2.18. The lowest BCUT2D eigenvalue weighted by Crippen LogP contribution is -2.22. The van der Waals surface area contributed by atoms with Crippen molar-refractivity contribution in [2.24, 2.45) is 0 Å². The Kier molecular flexibility index (Phi) is 4.46. The van der Waals surface area contributed by atoms with Crippen LogP contribution in [0.15, 0.2) is 46.9 Å². The van der Waals surface area contributed by atoms with E-state index < -0.39 is 0 Å². The number of nitrogens with one attached hydrogen (secondary N) is 1. The summed E-state index contributed by atoms with van der Waals surface area (Å²) in [6.07, 6.45) is 0.937. The van der Waals surface area contributed by atoms with Gasteiger partial charge in [-0.25, -0.2) is 0 Å². The van der Waals surface area contributed by atoms with Crippen LogP contribution in [0.3, 0.4) is 0 Å². The van der Waals surface area contributed by atoms with Crippen LogP contribution in [0.1, 0.15) is 24.1 Å². The van der Waals surface area contributed by atoms with Gasteiger partial charge in [0.15, 0.2) is 11.5 Å². The normalized spacial score (nSPS) is 14.2. The summed E-state index contributed by atoms with van der Waals surface area (Å²) in [5, 5.41) is 3.55. The van der Waals surface area contributed by atoms with Gasteiger partial charge in [-0.15, -0.1) is 0 Å². The maximum atomic E-state index is 5.48. The summed E-state index contributed by atoms with van der Waals surface area (Å²) < 4.78 is 12.0. The zero-order valence-corrected chi connectivity index (χ0v) is 13.5. The Morgan fingerprint density at radius 1 is 1.14 bits per heavy atom. The van der Waals surface area contributed by atoms with Gasteiger partial charge >= 0.3 is 0 Å². The second-order valence-corrected chi connectivity index (χ2v) is 5.97. The van der Waals surface area contributed by atoms with Crippen LogP contribution in [0, 0.1) is 0 Å². The lowest BCUT2D eigenvalue weighted by atomic mass is 9.98. The van der Waals surface area contributed by atoms with Gasteiger partial charge in [0.1, 0.15) is 0 Å². The topological polar surface area (TPSA) is 30.5 Å². The number of likely N-dealkylation sites (N-methyl/N-ethyl adjacent to an activating group) is 1. The lowest BCUT2D eigenvalue weighted by Gasteiger charge is -2.19. The van der Waals surface area contributed by atoms with Crippen molar-refractivity contribution in [3.63, 3.8) is 0 Å². The first-order chi connectivity index (χ1) is 10.3. The first-order valence-electron chi connectivity index (χ1n) is 7.13. The Hall–Kier alpha value is -1.52. The van der Waals surface area contributed by atoms with Crippen molar-refractivity contribution in [3.05, 3.63) is 58.1 Å². The first kappa shape index (κ1) is 14.4. The summed E-state index contributed by atoms with van der Waals surface area (Å²) in [7, 11) is 0. The highest BCUT2D eigenvalue weighted by atomic mass is 79.9. The van der Waals surface area contributed by atoms with Gasteiger partial charge in [-0.2, -0.15) is 0 Å². The molecule has 1 unspecified atom stereocenters. The molecule has 1 N–H and O–H groups in total. The highest BCUT2D eigenvalue weighted by molar-refractivity contribution is 9.10. The Morgan fingerprint density at radius 2 is 2.00 bits per heavy atom. The molecular weight excluding hydrogens is 330 g/mol. The van der Waals surface area contributed by atoms with Gasteiger partial charge in [-0.1, -0.05) is 41.1 Å². The Bertz CT molecular complexity index is 630. The molecule has 1 atom stereocenters. The van der Waals surface area contributed by atoms with E-state index in [0.717, 1.165) is 28.9 Å². The van der Waals surface area contributed by atoms with Gasteiger partial charge < -0.3 is 14.8 Å². The maximum Gasteiger partial charge on any atom is 0.231 e. The summed E-state index contributed by atoms with van der Waals surface area (Å²) in [6.45, 7) is 3.37. The Balaban J connectivity index is 1.84. The molecule has 0 saturated carbocycles. The van der Waals surface area contributed by atoms with Gasteiger partial charge in [0.2, 0.25) is 6.79 Å². The number of fused-ring (bicyclic) bond motifs is 1. The SMILES string of the molecule is CCNC(Cc1cccc(Br)c1)c1ccc2c(c1)OCO2. The van der Waals surface area contributed by atoms with E-state index in [-0.39, 0.29) is 6.04 Å². The second kappa shape index (κ2) is 6.50. The van der Waals surface area contributed by atoms with Crippen LogP contribution >= 0.6 is 15.9 Å². The summed E-state index contributed by atoms with van der Waals surface area (Å²) in [5.74, 6) is 1.67. The minimum absolute atomic E-state index is 0.263. The molecule has 2 aromatic carbocycles. The van der Waals surface area contributed by atoms with Crippen molar-refractivity contribution in [2.75, 3.05) is 13.3 Å². The van der Waals surface area contributed by atoms with E-state index in [9.17, 15) is 0 Å². The van der Waals surface area contributed by atoms with E-state index in [1.165, 1.54) is 11.1 Å². The molecule has 0 saturated heterocycles. The molecule has 2 aromatic rings. The molecule has 1 aliphatic rings. The van der Waals surface area contributed by atoms with Crippen molar-refractivity contribution >= 4 is 15.9 Å². The maximum absolute atomic E-state index is 5.48. The van der Waals surface area contributed by atoms with Gasteiger partial charge in [0.05, 0.1) is 0 Å². The molecule has 4 heteroatoms. The van der Waals surface area contributed by atoms with E-state index in [1.807, 2.05) is 12.1 Å². The molecule has 110 valence electrons. The third-order valence-electron chi connectivity index (χ3n) is 3.58. The average Bonchev–Trinajstić information content (AvgIpc) is 2.94. The molecule has 0 bridgehead atoms. The fourth-order valence-corrected chi connectivity index (χ4v) is 3.03. The van der Waals surface area contributed by atoms with Crippen LogP contribution in [-0.2, 0) is 6.42 Å². The third-order valence-corrected chi connectivity index (χ3v) is 4.07. The quantitative estimate of drug-likeness (QED) is 0.884. The molecular formula is C17H18BrNO2. The van der Waals surface area contributed by atoms with Gasteiger partial charge in [-0.3, -0.25) is 0 Å². The zero-order valence-electron chi connectivity index (χ0n) is 11.9. The average molecular weight is 348 g/mol. The van der Waals surface area contributed by atoms with Crippen LogP contribution in [0.25, 0.3) is 0 Å². The van der Waals surface area contributed by atoms with Crippen LogP contribution < -0.4 is 14.8 Å². The van der Waals surface area contributed by atoms with Crippen molar-refractivity contribution < 1.29 is 9.47 Å². The van der Waals surface area contributed by atoms with E-state index in [4.69, 9.17) is 9.47 Å². The standard InChI is InChI=1S/C17H18BrNO2/c1-2-19-15(9-12-4-3-5-14(18)8-12)13-6-7-16-17(10-13)21-11-20-16/h3-8,10,15,19H,2,9,11H2,1H3. The monoisotopic (exact) mass is 347 g/mol. The van der Waals surface area contributed by atoms with Crippen LogP contribution in [0.5, 0.6) is 11.5 Å². The molecule has 0 aromatic heterocycles. The highest BCUT2D eigenvalue weighted by Crippen LogP contribution is 2.35. The van der Waals surface area contributed by atoms with Crippen LogP contribution in [0.2, 0.25) is 0 Å². The van der Waals surface area contributed by atoms with Gasteiger partial charge in [0, 0.05) is 10.5 Å². The van der Waals surface area contributed by atoms with E-state index in [1.54, 1.807) is 0 Å². The zero-order chi connectivity index (χ0) is 14.7. The summed E-state index contributed by atoms with van der Waals surface area (Å²) in [4.78, 5) is 0. The molecule has 0 fully saturated rings. The smallest absolute Gasteiger partial charge is 0.231 e. The Morgan fingerprint density at radius 3 is 2.81 bits per heavy atom.